The Morgan fingerprint density at radius 2 is 1.72 bits per heavy atom. The molecular weight excluding hydrogens is 374 g/mol. The van der Waals surface area contributed by atoms with Gasteiger partial charge in [-0.3, -0.25) is 0 Å². The Morgan fingerprint density at radius 1 is 1.03 bits per heavy atom. The molecule has 4 heteroatoms. The van der Waals surface area contributed by atoms with E-state index in [2.05, 4.69) is 68.6 Å². The number of rotatable bonds is 7. The molecule has 3 nitrogen and oxygen atoms in total. The molecule has 2 aromatic rings. The van der Waals surface area contributed by atoms with Gasteiger partial charge in [0, 0.05) is 19.6 Å². The van der Waals surface area contributed by atoms with E-state index in [4.69, 9.17) is 4.43 Å². The Bertz CT molecular complexity index is 850. The standard InChI is InChI=1S/C25H35NO2Si/c1-25(2,3)17-24(27)29(4,5)28-15-13-19-6-8-20(9-7-19)21-10-11-23-18-26-14-12-22(23)16-21/h6-11,16,26H,12-15,17-18H2,1-5H3. The number of nitrogens with one attached hydrogen (secondary N) is 1. The number of carbonyl (C=O) groups excluding carboxylic acids is 1. The Hall–Kier alpha value is -1.75. The van der Waals surface area contributed by atoms with Gasteiger partial charge in [0.05, 0.1) is 0 Å². The Balaban J connectivity index is 1.56. The molecule has 29 heavy (non-hydrogen) atoms. The summed E-state index contributed by atoms with van der Waals surface area (Å²) in [4.78, 5) is 12.6. The van der Waals surface area contributed by atoms with E-state index in [0.717, 1.165) is 25.9 Å². The minimum Gasteiger partial charge on any atom is -0.409 e. The maximum Gasteiger partial charge on any atom is 0.258 e. The molecule has 156 valence electrons. The Morgan fingerprint density at radius 3 is 2.41 bits per heavy atom. The highest BCUT2D eigenvalue weighted by Gasteiger charge is 2.34. The van der Waals surface area contributed by atoms with Crippen molar-refractivity contribution in [3.8, 4) is 11.1 Å². The third-order valence-corrected chi connectivity index (χ3v) is 8.04. The largest absolute Gasteiger partial charge is 0.409 e. The summed E-state index contributed by atoms with van der Waals surface area (Å²) in [7, 11) is -2.29. The topological polar surface area (TPSA) is 38.3 Å². The predicted octanol–water partition coefficient (Wildman–Crippen LogP) is 5.31. The van der Waals surface area contributed by atoms with E-state index in [0.29, 0.717) is 18.4 Å². The maximum atomic E-state index is 12.6. The van der Waals surface area contributed by atoms with Crippen molar-refractivity contribution in [1.29, 1.82) is 0 Å². The summed E-state index contributed by atoms with van der Waals surface area (Å²) in [6.45, 7) is 13.0. The minimum atomic E-state index is -2.29. The number of hydrogen-bond donors (Lipinski definition) is 1. The molecule has 1 aliphatic heterocycles. The lowest BCUT2D eigenvalue weighted by atomic mass is 9.93. The van der Waals surface area contributed by atoms with Crippen LogP contribution < -0.4 is 5.32 Å². The van der Waals surface area contributed by atoms with Crippen LogP contribution in [0.3, 0.4) is 0 Å². The van der Waals surface area contributed by atoms with E-state index in [1.807, 2.05) is 13.1 Å². The Kier molecular flexibility index (Phi) is 6.77. The fourth-order valence-electron chi connectivity index (χ4n) is 3.72. The van der Waals surface area contributed by atoms with Gasteiger partial charge in [-0.05, 0) is 65.7 Å². The fourth-order valence-corrected chi connectivity index (χ4v) is 5.45. The molecule has 1 aliphatic rings. The van der Waals surface area contributed by atoms with E-state index in [-0.39, 0.29) is 5.41 Å². The molecule has 3 rings (SSSR count). The summed E-state index contributed by atoms with van der Waals surface area (Å²) in [6.07, 6.45) is 2.54. The zero-order valence-electron chi connectivity index (χ0n) is 18.6. The van der Waals surface area contributed by atoms with Crippen LogP contribution in [0.2, 0.25) is 13.1 Å². The van der Waals surface area contributed by atoms with Crippen LogP contribution in [0.25, 0.3) is 11.1 Å². The lowest BCUT2D eigenvalue weighted by molar-refractivity contribution is -0.115. The van der Waals surface area contributed by atoms with Gasteiger partial charge in [0.15, 0.2) is 0 Å². The number of benzene rings is 2. The molecule has 0 spiro atoms. The van der Waals surface area contributed by atoms with Gasteiger partial charge < -0.3 is 14.5 Å². The van der Waals surface area contributed by atoms with Crippen LogP contribution in [0, 0.1) is 5.41 Å². The van der Waals surface area contributed by atoms with Gasteiger partial charge >= 0.3 is 0 Å². The monoisotopic (exact) mass is 409 g/mol. The molecular formula is C25H35NO2Si. The second-order valence-corrected chi connectivity index (χ2v) is 13.7. The lowest BCUT2D eigenvalue weighted by Crippen LogP contribution is -2.43. The smallest absolute Gasteiger partial charge is 0.258 e. The van der Waals surface area contributed by atoms with Gasteiger partial charge in [-0.1, -0.05) is 63.2 Å². The third-order valence-electron chi connectivity index (χ3n) is 5.60. The Labute approximate surface area is 177 Å². The first-order valence-corrected chi connectivity index (χ1v) is 13.6. The van der Waals surface area contributed by atoms with Crippen molar-refractivity contribution >= 4 is 13.7 Å². The first-order valence-electron chi connectivity index (χ1n) is 10.7. The molecule has 0 fully saturated rings. The number of fused-ring (bicyclic) bond motifs is 1. The van der Waals surface area contributed by atoms with Crippen LogP contribution in [-0.4, -0.2) is 26.9 Å². The zero-order valence-corrected chi connectivity index (χ0v) is 19.6. The molecule has 0 aromatic heterocycles. The van der Waals surface area contributed by atoms with E-state index >= 15 is 0 Å². The molecule has 0 saturated heterocycles. The lowest BCUT2D eigenvalue weighted by Gasteiger charge is -2.26. The van der Waals surface area contributed by atoms with E-state index in [1.54, 1.807) is 0 Å². The molecule has 0 saturated carbocycles. The molecule has 0 bridgehead atoms. The average molecular weight is 410 g/mol. The minimum absolute atomic E-state index is 0.0216. The highest BCUT2D eigenvalue weighted by molar-refractivity contribution is 6.99. The van der Waals surface area contributed by atoms with Crippen molar-refractivity contribution in [2.75, 3.05) is 13.2 Å². The summed E-state index contributed by atoms with van der Waals surface area (Å²) >= 11 is 0. The zero-order chi connectivity index (χ0) is 21.1. The molecule has 0 amide bonds. The summed E-state index contributed by atoms with van der Waals surface area (Å²) in [5.41, 5.74) is 6.70. The predicted molar refractivity (Wildman–Crippen MR) is 124 cm³/mol. The van der Waals surface area contributed by atoms with Crippen molar-refractivity contribution in [3.05, 3.63) is 59.2 Å². The van der Waals surface area contributed by atoms with Gasteiger partial charge in [-0.25, -0.2) is 0 Å². The van der Waals surface area contributed by atoms with Gasteiger partial charge in [0.25, 0.3) is 8.32 Å². The second kappa shape index (κ2) is 8.95. The second-order valence-electron chi connectivity index (χ2n) is 9.88. The number of hydrogen-bond acceptors (Lipinski definition) is 3. The fraction of sp³-hybridized carbons (Fsp3) is 0.480. The quantitative estimate of drug-likeness (QED) is 0.630. The average Bonchev–Trinajstić information content (AvgIpc) is 2.67. The van der Waals surface area contributed by atoms with Crippen molar-refractivity contribution in [3.63, 3.8) is 0 Å². The van der Waals surface area contributed by atoms with Crippen molar-refractivity contribution in [2.45, 2.75) is 59.7 Å². The highest BCUT2D eigenvalue weighted by Crippen LogP contribution is 2.25. The highest BCUT2D eigenvalue weighted by atomic mass is 28.4. The first kappa shape index (κ1) is 21.9. The number of carbonyl (C=O) groups is 1. The van der Waals surface area contributed by atoms with Crippen LogP contribution in [-0.2, 0) is 28.6 Å². The molecule has 1 N–H and O–H groups in total. The van der Waals surface area contributed by atoms with Gasteiger partial charge in [-0.2, -0.15) is 0 Å². The summed E-state index contributed by atoms with van der Waals surface area (Å²) in [5, 5.41) is 3.73. The van der Waals surface area contributed by atoms with Gasteiger partial charge in [-0.15, -0.1) is 0 Å². The molecule has 0 radical (unpaired) electrons. The van der Waals surface area contributed by atoms with Crippen LogP contribution in [0.1, 0.15) is 43.9 Å². The normalized spacial score (nSPS) is 14.5. The summed E-state index contributed by atoms with van der Waals surface area (Å²) in [5.74, 6) is 0. The summed E-state index contributed by atoms with van der Waals surface area (Å²) in [6, 6.07) is 15.6. The van der Waals surface area contributed by atoms with Crippen molar-refractivity contribution in [1.82, 2.24) is 5.32 Å². The van der Waals surface area contributed by atoms with Crippen LogP contribution >= 0.6 is 0 Å². The first-order chi connectivity index (χ1) is 13.6. The van der Waals surface area contributed by atoms with Gasteiger partial charge in [0.2, 0.25) is 0 Å². The summed E-state index contributed by atoms with van der Waals surface area (Å²) < 4.78 is 6.10. The molecule has 2 aromatic carbocycles. The van der Waals surface area contributed by atoms with Crippen LogP contribution in [0.15, 0.2) is 42.5 Å². The van der Waals surface area contributed by atoms with Crippen LogP contribution in [0.4, 0.5) is 0 Å². The molecule has 0 aliphatic carbocycles. The van der Waals surface area contributed by atoms with E-state index in [1.165, 1.54) is 27.8 Å². The SMILES string of the molecule is CC(C)(C)CC(=O)[Si](C)(C)OCCc1ccc(-c2ccc3c(c2)CCNC3)cc1. The van der Waals surface area contributed by atoms with Crippen molar-refractivity contribution in [2.24, 2.45) is 5.41 Å². The molecule has 0 atom stereocenters. The molecule has 0 unspecified atom stereocenters. The molecule has 1 heterocycles. The van der Waals surface area contributed by atoms with E-state index in [9.17, 15) is 4.79 Å². The maximum absolute atomic E-state index is 12.6. The van der Waals surface area contributed by atoms with E-state index < -0.39 is 8.32 Å². The van der Waals surface area contributed by atoms with Crippen LogP contribution in [0.5, 0.6) is 0 Å². The van der Waals surface area contributed by atoms with Crippen molar-refractivity contribution < 1.29 is 9.22 Å². The third kappa shape index (κ3) is 6.11. The van der Waals surface area contributed by atoms with Gasteiger partial charge in [0.1, 0.15) is 5.41 Å².